The van der Waals surface area contributed by atoms with Gasteiger partial charge in [0.05, 0.1) is 5.60 Å². The lowest BCUT2D eigenvalue weighted by molar-refractivity contribution is 0.00392. The topological polar surface area (TPSA) is 40.5 Å². The van der Waals surface area contributed by atoms with E-state index in [2.05, 4.69) is 13.8 Å². The Labute approximate surface area is 267 Å². The van der Waals surface area contributed by atoms with E-state index in [0.717, 1.165) is 38.5 Å². The summed E-state index contributed by atoms with van der Waals surface area (Å²) in [6.07, 6.45) is 47.9. The van der Waals surface area contributed by atoms with Gasteiger partial charge in [-0.2, -0.15) is 0 Å². The van der Waals surface area contributed by atoms with Crippen molar-refractivity contribution >= 4 is 0 Å². The van der Waals surface area contributed by atoms with Crippen LogP contribution in [0.1, 0.15) is 245 Å². The molecule has 0 aliphatic heterocycles. The predicted octanol–water partition coefficient (Wildman–Crippen LogP) is 13.8. The maximum Gasteiger partial charge on any atom is 0.0648 e. The molecular weight excluding hydrogens is 512 g/mol. The Kier molecular flexibility index (Phi) is 35.3. The summed E-state index contributed by atoms with van der Waals surface area (Å²) in [6, 6.07) is 0. The molecule has 0 aromatic rings. The number of aliphatic hydroxyl groups is 2. The fraction of sp³-hybridized carbons (Fsp3) is 1.00. The zero-order chi connectivity index (χ0) is 30.7. The molecule has 2 heteroatoms. The molecule has 0 spiro atoms. The first-order valence-electron chi connectivity index (χ1n) is 20.0. The lowest BCUT2D eigenvalue weighted by Gasteiger charge is -2.28. The first-order valence-corrected chi connectivity index (χ1v) is 20.0. The summed E-state index contributed by atoms with van der Waals surface area (Å²) in [5.41, 5.74) is -0.533. The average molecular weight is 595 g/mol. The molecule has 0 aliphatic rings. The summed E-state index contributed by atoms with van der Waals surface area (Å²) in [7, 11) is 0. The second-order valence-corrected chi connectivity index (χ2v) is 14.2. The van der Waals surface area contributed by atoms with E-state index in [0.29, 0.717) is 0 Å². The number of hydrogen-bond acceptors (Lipinski definition) is 2. The Balaban J connectivity index is 3.58. The van der Waals surface area contributed by atoms with Gasteiger partial charge in [-0.25, -0.2) is 0 Å². The van der Waals surface area contributed by atoms with Gasteiger partial charge in [-0.3, -0.25) is 0 Å². The highest BCUT2D eigenvalue weighted by Gasteiger charge is 2.25. The van der Waals surface area contributed by atoms with Crippen LogP contribution in [0.4, 0.5) is 0 Å². The van der Waals surface area contributed by atoms with Crippen molar-refractivity contribution in [3.05, 3.63) is 0 Å². The molecule has 42 heavy (non-hydrogen) atoms. The van der Waals surface area contributed by atoms with Crippen LogP contribution >= 0.6 is 0 Å². The van der Waals surface area contributed by atoms with Crippen LogP contribution in [0.25, 0.3) is 0 Å². The highest BCUT2D eigenvalue weighted by Crippen LogP contribution is 2.28. The smallest absolute Gasteiger partial charge is 0.0648 e. The predicted molar refractivity (Wildman–Crippen MR) is 190 cm³/mol. The molecule has 0 saturated carbocycles. The minimum absolute atomic E-state index is 0.209. The molecule has 0 rings (SSSR count). The van der Waals surface area contributed by atoms with Gasteiger partial charge in [-0.05, 0) is 25.7 Å². The van der Waals surface area contributed by atoms with Gasteiger partial charge >= 0.3 is 0 Å². The van der Waals surface area contributed by atoms with Crippen LogP contribution in [-0.4, -0.2) is 22.4 Å². The summed E-state index contributed by atoms with van der Waals surface area (Å²) < 4.78 is 0. The standard InChI is InChI=1S/C40H82O2/c1-3-5-7-9-11-13-15-17-19-21-23-25-27-29-31-33-36-40(42,38-35-39-41)37-34-32-30-28-26-24-22-20-18-16-14-12-10-8-6-4-2/h41-42H,3-39H2,1-2H3. The maximum absolute atomic E-state index is 11.3. The third kappa shape index (κ3) is 32.8. The Morgan fingerprint density at radius 3 is 0.690 bits per heavy atom. The van der Waals surface area contributed by atoms with Crippen LogP contribution in [0, 0.1) is 0 Å². The van der Waals surface area contributed by atoms with Crippen LogP contribution in [0.2, 0.25) is 0 Å². The quantitative estimate of drug-likeness (QED) is 0.0702. The molecule has 0 aromatic heterocycles. The van der Waals surface area contributed by atoms with E-state index < -0.39 is 5.60 Å². The highest BCUT2D eigenvalue weighted by atomic mass is 16.3. The third-order valence-electron chi connectivity index (χ3n) is 9.79. The summed E-state index contributed by atoms with van der Waals surface area (Å²) in [6.45, 7) is 4.80. The Morgan fingerprint density at radius 2 is 0.476 bits per heavy atom. The molecular formula is C40H82O2. The molecule has 0 atom stereocenters. The fourth-order valence-corrected chi connectivity index (χ4v) is 6.79. The van der Waals surface area contributed by atoms with Crippen LogP contribution in [-0.2, 0) is 0 Å². The van der Waals surface area contributed by atoms with Crippen molar-refractivity contribution in [1.82, 2.24) is 0 Å². The van der Waals surface area contributed by atoms with Crippen molar-refractivity contribution in [3.63, 3.8) is 0 Å². The molecule has 2 N–H and O–H groups in total. The monoisotopic (exact) mass is 595 g/mol. The zero-order valence-electron chi connectivity index (χ0n) is 29.6. The van der Waals surface area contributed by atoms with E-state index in [1.54, 1.807) is 0 Å². The summed E-state index contributed by atoms with van der Waals surface area (Å²) in [5.74, 6) is 0. The average Bonchev–Trinajstić information content (AvgIpc) is 2.99. The van der Waals surface area contributed by atoms with Crippen molar-refractivity contribution < 1.29 is 10.2 Å². The second-order valence-electron chi connectivity index (χ2n) is 14.2. The molecule has 0 aliphatic carbocycles. The molecule has 0 saturated heterocycles. The van der Waals surface area contributed by atoms with Gasteiger partial charge in [0.1, 0.15) is 0 Å². The third-order valence-corrected chi connectivity index (χ3v) is 9.79. The fourth-order valence-electron chi connectivity index (χ4n) is 6.79. The number of hydrogen-bond donors (Lipinski definition) is 2. The van der Waals surface area contributed by atoms with E-state index in [1.165, 1.54) is 193 Å². The van der Waals surface area contributed by atoms with Crippen LogP contribution in [0.5, 0.6) is 0 Å². The van der Waals surface area contributed by atoms with Gasteiger partial charge in [-0.15, -0.1) is 0 Å². The number of rotatable bonds is 37. The Hall–Kier alpha value is -0.0800. The van der Waals surface area contributed by atoms with E-state index in [9.17, 15) is 10.2 Å². The first kappa shape index (κ1) is 41.9. The van der Waals surface area contributed by atoms with Crippen molar-refractivity contribution in [2.45, 2.75) is 251 Å². The highest BCUT2D eigenvalue weighted by molar-refractivity contribution is 4.78. The summed E-state index contributed by atoms with van der Waals surface area (Å²) in [5, 5.41) is 20.6. The van der Waals surface area contributed by atoms with Gasteiger partial charge < -0.3 is 10.2 Å². The summed E-state index contributed by atoms with van der Waals surface area (Å²) >= 11 is 0. The number of aliphatic hydroxyl groups excluding tert-OH is 1. The SMILES string of the molecule is CCCCCCCCCCCCCCCCCCC(O)(CCCO)CCCCCCCCCCCCCCCCCC. The molecule has 0 bridgehead atoms. The van der Waals surface area contributed by atoms with E-state index >= 15 is 0 Å². The number of unbranched alkanes of at least 4 members (excludes halogenated alkanes) is 30. The molecule has 0 aromatic carbocycles. The molecule has 0 fully saturated rings. The van der Waals surface area contributed by atoms with Gasteiger partial charge in [0.2, 0.25) is 0 Å². The molecule has 0 amide bonds. The van der Waals surface area contributed by atoms with Gasteiger partial charge in [0, 0.05) is 6.61 Å². The van der Waals surface area contributed by atoms with Gasteiger partial charge in [0.15, 0.2) is 0 Å². The van der Waals surface area contributed by atoms with Crippen LogP contribution in [0.15, 0.2) is 0 Å². The zero-order valence-corrected chi connectivity index (χ0v) is 29.6. The van der Waals surface area contributed by atoms with E-state index in [4.69, 9.17) is 0 Å². The normalized spacial score (nSPS) is 12.0. The Morgan fingerprint density at radius 1 is 0.286 bits per heavy atom. The van der Waals surface area contributed by atoms with E-state index in [-0.39, 0.29) is 6.61 Å². The molecule has 2 nitrogen and oxygen atoms in total. The molecule has 0 radical (unpaired) electrons. The largest absolute Gasteiger partial charge is 0.396 e. The lowest BCUT2D eigenvalue weighted by atomic mass is 9.86. The van der Waals surface area contributed by atoms with Gasteiger partial charge in [-0.1, -0.05) is 219 Å². The van der Waals surface area contributed by atoms with Crippen LogP contribution in [0.3, 0.4) is 0 Å². The molecule has 0 unspecified atom stereocenters. The minimum Gasteiger partial charge on any atom is -0.396 e. The van der Waals surface area contributed by atoms with E-state index in [1.807, 2.05) is 0 Å². The van der Waals surface area contributed by atoms with Crippen LogP contribution < -0.4 is 0 Å². The summed E-state index contributed by atoms with van der Waals surface area (Å²) in [4.78, 5) is 0. The molecule has 254 valence electrons. The maximum atomic E-state index is 11.3. The van der Waals surface area contributed by atoms with Crippen molar-refractivity contribution in [3.8, 4) is 0 Å². The van der Waals surface area contributed by atoms with Gasteiger partial charge in [0.25, 0.3) is 0 Å². The Bertz CT molecular complexity index is 440. The second kappa shape index (κ2) is 35.4. The van der Waals surface area contributed by atoms with Crippen molar-refractivity contribution in [1.29, 1.82) is 0 Å². The lowest BCUT2D eigenvalue weighted by Crippen LogP contribution is -2.29. The first-order chi connectivity index (χ1) is 20.7. The van der Waals surface area contributed by atoms with Crippen molar-refractivity contribution in [2.75, 3.05) is 6.61 Å². The van der Waals surface area contributed by atoms with Crippen molar-refractivity contribution in [2.24, 2.45) is 0 Å². The molecule has 0 heterocycles. The minimum atomic E-state index is -0.533.